The van der Waals surface area contributed by atoms with Gasteiger partial charge < -0.3 is 14.5 Å². The molecule has 1 aliphatic rings. The van der Waals surface area contributed by atoms with Gasteiger partial charge in [-0.25, -0.2) is 4.39 Å². The van der Waals surface area contributed by atoms with Gasteiger partial charge in [-0.2, -0.15) is 9.78 Å². The fraction of sp³-hybridized carbons (Fsp3) is 0.227. The number of ether oxygens (including phenoxy) is 1. The van der Waals surface area contributed by atoms with Gasteiger partial charge in [0.15, 0.2) is 0 Å². The summed E-state index contributed by atoms with van der Waals surface area (Å²) in [5.74, 6) is -0.482. The number of carbonyl (C=O) groups is 1. The molecule has 0 bridgehead atoms. The van der Waals surface area contributed by atoms with Crippen LogP contribution in [0.1, 0.15) is 10.4 Å². The van der Waals surface area contributed by atoms with E-state index in [9.17, 15) is 14.0 Å². The van der Waals surface area contributed by atoms with Crippen LogP contribution in [0, 0.1) is 5.82 Å². The lowest BCUT2D eigenvalue weighted by atomic mass is 10.1. The molecule has 1 amide bonds. The fourth-order valence-electron chi connectivity index (χ4n) is 3.57. The molecule has 4 rings (SSSR count). The quantitative estimate of drug-likeness (QED) is 0.621. The predicted molar refractivity (Wildman–Crippen MR) is 116 cm³/mol. The molecule has 2 heterocycles. The molecule has 0 spiro atoms. The molecule has 1 fully saturated rings. The van der Waals surface area contributed by atoms with Crippen LogP contribution in [-0.2, 0) is 0 Å². The predicted octanol–water partition coefficient (Wildman–Crippen LogP) is 3.00. The summed E-state index contributed by atoms with van der Waals surface area (Å²) >= 11 is 6.38. The van der Waals surface area contributed by atoms with Gasteiger partial charge in [0, 0.05) is 26.2 Å². The standard InChI is InChI=1S/C22H20ClFN4O3/c1-31-19-8-7-15(24)13-17(19)21(29)27-11-9-26(10-12-27)18-14-25-28(22(30)20(18)23)16-5-3-2-4-6-16/h2-8,13-14H,9-12H2,1H3. The number of rotatable bonds is 4. The molecule has 31 heavy (non-hydrogen) atoms. The third-order valence-electron chi connectivity index (χ3n) is 5.20. The van der Waals surface area contributed by atoms with Crippen LogP contribution in [0.15, 0.2) is 59.5 Å². The number of para-hydroxylation sites is 1. The number of hydrogen-bond acceptors (Lipinski definition) is 5. The molecule has 0 radical (unpaired) electrons. The monoisotopic (exact) mass is 442 g/mol. The van der Waals surface area contributed by atoms with Crippen LogP contribution >= 0.6 is 11.6 Å². The van der Waals surface area contributed by atoms with Gasteiger partial charge in [0.25, 0.3) is 11.5 Å². The second-order valence-corrected chi connectivity index (χ2v) is 7.40. The first-order valence-corrected chi connectivity index (χ1v) is 10.1. The number of halogens is 2. The SMILES string of the molecule is COc1ccc(F)cc1C(=O)N1CCN(c2cnn(-c3ccccc3)c(=O)c2Cl)CC1. The Hall–Kier alpha value is -3.39. The molecule has 0 saturated carbocycles. The van der Waals surface area contributed by atoms with Crippen molar-refractivity contribution in [2.45, 2.75) is 0 Å². The van der Waals surface area contributed by atoms with Crippen LogP contribution in [-0.4, -0.2) is 53.9 Å². The Morgan fingerprint density at radius 3 is 2.48 bits per heavy atom. The van der Waals surface area contributed by atoms with E-state index in [1.807, 2.05) is 23.1 Å². The van der Waals surface area contributed by atoms with Crippen LogP contribution in [0.4, 0.5) is 10.1 Å². The zero-order chi connectivity index (χ0) is 22.0. The number of nitrogens with zero attached hydrogens (tertiary/aromatic N) is 4. The van der Waals surface area contributed by atoms with Gasteiger partial charge in [0.05, 0.1) is 30.2 Å². The van der Waals surface area contributed by atoms with E-state index in [0.29, 0.717) is 43.3 Å². The number of amides is 1. The lowest BCUT2D eigenvalue weighted by Crippen LogP contribution is -2.49. The van der Waals surface area contributed by atoms with Crippen molar-refractivity contribution in [3.63, 3.8) is 0 Å². The normalized spacial score (nSPS) is 13.9. The maximum atomic E-state index is 13.6. The van der Waals surface area contributed by atoms with E-state index in [0.717, 1.165) is 0 Å². The number of aromatic nitrogens is 2. The molecule has 0 aliphatic carbocycles. The second-order valence-electron chi connectivity index (χ2n) is 7.02. The highest BCUT2D eigenvalue weighted by Crippen LogP contribution is 2.25. The van der Waals surface area contributed by atoms with Crippen LogP contribution in [0.3, 0.4) is 0 Å². The molecule has 0 atom stereocenters. The minimum atomic E-state index is -0.500. The molecule has 9 heteroatoms. The van der Waals surface area contributed by atoms with E-state index >= 15 is 0 Å². The van der Waals surface area contributed by atoms with E-state index in [1.54, 1.807) is 23.2 Å². The zero-order valence-electron chi connectivity index (χ0n) is 16.8. The maximum absolute atomic E-state index is 13.6. The van der Waals surface area contributed by atoms with Crippen LogP contribution in [0.2, 0.25) is 5.02 Å². The number of piperazine rings is 1. The van der Waals surface area contributed by atoms with Crippen molar-refractivity contribution in [1.29, 1.82) is 0 Å². The molecular formula is C22H20ClFN4O3. The lowest BCUT2D eigenvalue weighted by Gasteiger charge is -2.36. The third kappa shape index (κ3) is 4.11. The molecule has 0 unspecified atom stereocenters. The number of methoxy groups -OCH3 is 1. The van der Waals surface area contributed by atoms with Crippen LogP contribution < -0.4 is 15.2 Å². The Morgan fingerprint density at radius 1 is 1.10 bits per heavy atom. The van der Waals surface area contributed by atoms with Crippen molar-refractivity contribution >= 4 is 23.2 Å². The average Bonchev–Trinajstić information content (AvgIpc) is 2.81. The van der Waals surface area contributed by atoms with E-state index in [4.69, 9.17) is 16.3 Å². The molecule has 0 N–H and O–H groups in total. The highest BCUT2D eigenvalue weighted by atomic mass is 35.5. The molecule has 2 aromatic carbocycles. The summed E-state index contributed by atoms with van der Waals surface area (Å²) in [5.41, 5.74) is 0.921. The van der Waals surface area contributed by atoms with Crippen LogP contribution in [0.25, 0.3) is 5.69 Å². The van der Waals surface area contributed by atoms with E-state index < -0.39 is 11.4 Å². The van der Waals surface area contributed by atoms with Crippen molar-refractivity contribution in [2.24, 2.45) is 0 Å². The Morgan fingerprint density at radius 2 is 1.81 bits per heavy atom. The number of hydrogen-bond donors (Lipinski definition) is 0. The van der Waals surface area contributed by atoms with Gasteiger partial charge in [-0.05, 0) is 30.3 Å². The summed E-state index contributed by atoms with van der Waals surface area (Å²) in [5, 5.41) is 4.33. The Kier molecular flexibility index (Phi) is 5.90. The van der Waals surface area contributed by atoms with Gasteiger partial charge in [-0.15, -0.1) is 0 Å². The molecule has 160 valence electrons. The first-order valence-electron chi connectivity index (χ1n) is 9.70. The first-order chi connectivity index (χ1) is 15.0. The van der Waals surface area contributed by atoms with Crippen molar-refractivity contribution < 1.29 is 13.9 Å². The summed E-state index contributed by atoms with van der Waals surface area (Å²) < 4.78 is 20.1. The average molecular weight is 443 g/mol. The Bertz CT molecular complexity index is 1160. The smallest absolute Gasteiger partial charge is 0.292 e. The first kappa shape index (κ1) is 20.9. The lowest BCUT2D eigenvalue weighted by molar-refractivity contribution is 0.0743. The summed E-state index contributed by atoms with van der Waals surface area (Å²) in [4.78, 5) is 29.1. The molecule has 7 nitrogen and oxygen atoms in total. The van der Waals surface area contributed by atoms with E-state index in [-0.39, 0.29) is 16.5 Å². The molecule has 1 saturated heterocycles. The molecular weight excluding hydrogens is 423 g/mol. The van der Waals surface area contributed by atoms with Gasteiger partial charge in [-0.3, -0.25) is 9.59 Å². The van der Waals surface area contributed by atoms with Crippen molar-refractivity contribution in [1.82, 2.24) is 14.7 Å². The fourth-order valence-corrected chi connectivity index (χ4v) is 3.81. The summed E-state index contributed by atoms with van der Waals surface area (Å²) in [6.07, 6.45) is 1.56. The van der Waals surface area contributed by atoms with Crippen LogP contribution in [0.5, 0.6) is 5.75 Å². The topological polar surface area (TPSA) is 67.7 Å². The minimum absolute atomic E-state index is 0.0745. The Labute approximate surface area is 183 Å². The van der Waals surface area contributed by atoms with Gasteiger partial charge in [-0.1, -0.05) is 29.8 Å². The molecule has 1 aromatic heterocycles. The molecule has 1 aliphatic heterocycles. The van der Waals surface area contributed by atoms with E-state index in [2.05, 4.69) is 5.10 Å². The largest absolute Gasteiger partial charge is 0.496 e. The molecule has 3 aromatic rings. The highest BCUT2D eigenvalue weighted by Gasteiger charge is 2.26. The minimum Gasteiger partial charge on any atom is -0.496 e. The summed E-state index contributed by atoms with van der Waals surface area (Å²) in [7, 11) is 1.44. The van der Waals surface area contributed by atoms with E-state index in [1.165, 1.54) is 30.0 Å². The third-order valence-corrected chi connectivity index (χ3v) is 5.56. The van der Waals surface area contributed by atoms with Crippen molar-refractivity contribution in [2.75, 3.05) is 38.2 Å². The van der Waals surface area contributed by atoms with Gasteiger partial charge in [0.2, 0.25) is 0 Å². The van der Waals surface area contributed by atoms with Crippen molar-refractivity contribution in [3.05, 3.63) is 81.5 Å². The second kappa shape index (κ2) is 8.77. The van der Waals surface area contributed by atoms with Gasteiger partial charge in [0.1, 0.15) is 16.6 Å². The zero-order valence-corrected chi connectivity index (χ0v) is 17.6. The van der Waals surface area contributed by atoms with Gasteiger partial charge >= 0.3 is 0 Å². The number of anilines is 1. The van der Waals surface area contributed by atoms with Crippen molar-refractivity contribution in [3.8, 4) is 11.4 Å². The Balaban J connectivity index is 1.51. The summed E-state index contributed by atoms with van der Waals surface area (Å²) in [6, 6.07) is 12.9. The number of benzene rings is 2. The number of carbonyl (C=O) groups excluding carboxylic acids is 1. The maximum Gasteiger partial charge on any atom is 0.292 e. The highest BCUT2D eigenvalue weighted by molar-refractivity contribution is 6.33. The summed E-state index contributed by atoms with van der Waals surface area (Å²) in [6.45, 7) is 1.69.